The van der Waals surface area contributed by atoms with Crippen molar-refractivity contribution >= 4 is 40.1 Å². The van der Waals surface area contributed by atoms with Crippen LogP contribution in [0.25, 0.3) is 21.6 Å². The average molecular weight is 688 g/mol. The van der Waals surface area contributed by atoms with Crippen molar-refractivity contribution in [2.24, 2.45) is 5.92 Å². The first kappa shape index (κ1) is 33.5. The number of carbonyl (C=O) groups is 3. The zero-order valence-electron chi connectivity index (χ0n) is 26.9. The molecule has 3 aliphatic rings. The Morgan fingerprint density at radius 2 is 1.94 bits per heavy atom. The minimum absolute atomic E-state index is 0.0115. The summed E-state index contributed by atoms with van der Waals surface area (Å²) in [5, 5.41) is 4.43. The lowest BCUT2D eigenvalue weighted by atomic mass is 10.1. The van der Waals surface area contributed by atoms with Crippen LogP contribution in [0, 0.1) is 12.8 Å². The summed E-state index contributed by atoms with van der Waals surface area (Å²) < 4.78 is 57.3. The van der Waals surface area contributed by atoms with Gasteiger partial charge in [0.1, 0.15) is 39.9 Å². The molecule has 11 nitrogen and oxygen atoms in total. The van der Waals surface area contributed by atoms with E-state index in [0.29, 0.717) is 40.9 Å². The number of benzene rings is 1. The number of esters is 1. The van der Waals surface area contributed by atoms with Crippen molar-refractivity contribution in [2.45, 2.75) is 62.9 Å². The largest absolute Gasteiger partial charge is 0.496 e. The van der Waals surface area contributed by atoms with Crippen molar-refractivity contribution in [1.29, 1.82) is 0 Å². The van der Waals surface area contributed by atoms with E-state index in [4.69, 9.17) is 14.2 Å². The number of nitrogens with zero attached hydrogens (tertiary/aromatic N) is 4. The number of pyridine rings is 1. The summed E-state index contributed by atoms with van der Waals surface area (Å²) >= 11 is 0.811. The van der Waals surface area contributed by atoms with Crippen molar-refractivity contribution in [2.75, 3.05) is 34.4 Å². The second-order valence-electron chi connectivity index (χ2n) is 12.4. The van der Waals surface area contributed by atoms with E-state index in [-0.39, 0.29) is 35.5 Å². The second kappa shape index (κ2) is 12.9. The Labute approximate surface area is 279 Å². The highest BCUT2D eigenvalue weighted by atomic mass is 32.1. The maximum atomic E-state index is 13.9. The number of fused-ring (bicyclic) bond motifs is 3. The van der Waals surface area contributed by atoms with Crippen LogP contribution in [0.2, 0.25) is 0 Å². The van der Waals surface area contributed by atoms with Crippen LogP contribution in [0.5, 0.6) is 11.5 Å². The molecule has 4 atom stereocenters. The summed E-state index contributed by atoms with van der Waals surface area (Å²) in [6.45, 7) is 2.30. The maximum absolute atomic E-state index is 13.9. The third kappa shape index (κ3) is 6.27. The molecule has 1 saturated heterocycles. The lowest BCUT2D eigenvalue weighted by Gasteiger charge is -2.29. The quantitative estimate of drug-likeness (QED) is 0.281. The highest BCUT2D eigenvalue weighted by Gasteiger charge is 2.62. The molecule has 0 unspecified atom stereocenters. The Bertz CT molecular complexity index is 1780. The Morgan fingerprint density at radius 3 is 2.65 bits per heavy atom. The predicted molar refractivity (Wildman–Crippen MR) is 171 cm³/mol. The van der Waals surface area contributed by atoms with E-state index in [2.05, 4.69) is 15.3 Å². The first-order chi connectivity index (χ1) is 22.9. The van der Waals surface area contributed by atoms with Crippen LogP contribution in [-0.2, 0) is 20.5 Å². The fraction of sp³-hybridized carbons (Fsp3) is 0.485. The Morgan fingerprint density at radius 1 is 1.15 bits per heavy atom. The fourth-order valence-electron chi connectivity index (χ4n) is 6.48. The molecule has 1 aliphatic carbocycles. The predicted octanol–water partition coefficient (Wildman–Crippen LogP) is 5.36. The van der Waals surface area contributed by atoms with Gasteiger partial charge in [-0.3, -0.25) is 4.79 Å². The fourth-order valence-corrected chi connectivity index (χ4v) is 7.27. The van der Waals surface area contributed by atoms with Gasteiger partial charge in [0.25, 0.3) is 0 Å². The van der Waals surface area contributed by atoms with Gasteiger partial charge in [-0.25, -0.2) is 19.6 Å². The number of urea groups is 1. The molecule has 256 valence electrons. The molecule has 0 bridgehead atoms. The number of hydrogen-bond acceptors (Lipinski definition) is 9. The minimum Gasteiger partial charge on any atom is -0.496 e. The SMILES string of the molecule is COC(=O)[C@@]12C[C@H]1C=CCCCCN(C)C(=O)[C@@H]1C[C@H](Oc3cc(-c4nc(C(F)(F)F)cs4)nc4c(C)c(OC)ccc34)CN1C(=O)N2. The van der Waals surface area contributed by atoms with E-state index in [0.717, 1.165) is 36.0 Å². The normalized spacial score (nSPS) is 24.9. The molecule has 2 aliphatic heterocycles. The number of likely N-dealkylation sites (N-methyl/N-ethyl adjacent to an activating group) is 1. The number of amides is 3. The number of ether oxygens (including phenoxy) is 3. The van der Waals surface area contributed by atoms with Crippen LogP contribution in [-0.4, -0.2) is 89.7 Å². The lowest BCUT2D eigenvalue weighted by molar-refractivity contribution is -0.144. The van der Waals surface area contributed by atoms with E-state index in [9.17, 15) is 27.6 Å². The van der Waals surface area contributed by atoms with Crippen molar-refractivity contribution in [3.63, 3.8) is 0 Å². The molecule has 2 aromatic heterocycles. The molecule has 6 rings (SSSR count). The first-order valence-electron chi connectivity index (χ1n) is 15.6. The number of halogens is 3. The van der Waals surface area contributed by atoms with Gasteiger partial charge in [-0.05, 0) is 44.7 Å². The van der Waals surface area contributed by atoms with Crippen molar-refractivity contribution in [1.82, 2.24) is 25.1 Å². The van der Waals surface area contributed by atoms with E-state index < -0.39 is 41.6 Å². The number of nitrogens with one attached hydrogen (secondary N) is 1. The van der Waals surface area contributed by atoms with E-state index >= 15 is 0 Å². The van der Waals surface area contributed by atoms with Crippen LogP contribution in [0.1, 0.15) is 43.4 Å². The molecule has 3 aromatic rings. The summed E-state index contributed by atoms with van der Waals surface area (Å²) in [5.41, 5.74) is -0.974. The number of thiazole rings is 1. The third-order valence-electron chi connectivity index (χ3n) is 9.24. The van der Waals surface area contributed by atoms with Gasteiger partial charge in [0.15, 0.2) is 5.69 Å². The topological polar surface area (TPSA) is 123 Å². The molecule has 15 heteroatoms. The van der Waals surface area contributed by atoms with Gasteiger partial charge >= 0.3 is 18.2 Å². The van der Waals surface area contributed by atoms with E-state index in [1.54, 1.807) is 31.0 Å². The van der Waals surface area contributed by atoms with Crippen molar-refractivity contribution in [3.8, 4) is 22.2 Å². The van der Waals surface area contributed by atoms with Gasteiger partial charge in [0.2, 0.25) is 5.91 Å². The summed E-state index contributed by atoms with van der Waals surface area (Å²) in [6, 6.07) is 3.55. The Balaban J connectivity index is 1.35. The van der Waals surface area contributed by atoms with Gasteiger partial charge in [-0.2, -0.15) is 13.2 Å². The van der Waals surface area contributed by atoms with Crippen LogP contribution < -0.4 is 14.8 Å². The van der Waals surface area contributed by atoms with Gasteiger partial charge in [0.05, 0.1) is 26.3 Å². The molecule has 0 spiro atoms. The molecule has 48 heavy (non-hydrogen) atoms. The van der Waals surface area contributed by atoms with Crippen molar-refractivity contribution in [3.05, 3.63) is 47.0 Å². The molecule has 0 radical (unpaired) electrons. The summed E-state index contributed by atoms with van der Waals surface area (Å²) in [6.07, 6.45) is 1.56. The van der Waals surface area contributed by atoms with Crippen molar-refractivity contribution < 1.29 is 41.8 Å². The number of alkyl halides is 3. The molecule has 1 saturated carbocycles. The summed E-state index contributed by atoms with van der Waals surface area (Å²) in [7, 11) is 4.48. The zero-order chi connectivity index (χ0) is 34.4. The number of carbonyl (C=O) groups excluding carboxylic acids is 3. The van der Waals surface area contributed by atoms with Gasteiger partial charge < -0.3 is 29.3 Å². The monoisotopic (exact) mass is 687 g/mol. The van der Waals surface area contributed by atoms with Crippen LogP contribution in [0.3, 0.4) is 0 Å². The highest BCUT2D eigenvalue weighted by Crippen LogP contribution is 2.46. The summed E-state index contributed by atoms with van der Waals surface area (Å²) in [4.78, 5) is 51.9. The average Bonchev–Trinajstić information content (AvgIpc) is 3.36. The summed E-state index contributed by atoms with van der Waals surface area (Å²) in [5.74, 6) is -0.203. The Kier molecular flexibility index (Phi) is 9.00. The molecule has 1 N–H and O–H groups in total. The molecule has 4 heterocycles. The maximum Gasteiger partial charge on any atom is 0.434 e. The molecule has 1 aromatic carbocycles. The van der Waals surface area contributed by atoms with Gasteiger partial charge in [-0.1, -0.05) is 12.2 Å². The second-order valence-corrected chi connectivity index (χ2v) is 13.2. The smallest absolute Gasteiger partial charge is 0.434 e. The first-order valence-corrected chi connectivity index (χ1v) is 16.5. The number of aromatic nitrogens is 2. The number of methoxy groups -OCH3 is 2. The van der Waals surface area contributed by atoms with Crippen LogP contribution in [0.4, 0.5) is 18.0 Å². The minimum atomic E-state index is -4.62. The zero-order valence-corrected chi connectivity index (χ0v) is 27.7. The number of aryl methyl sites for hydroxylation is 1. The highest BCUT2D eigenvalue weighted by molar-refractivity contribution is 7.13. The van der Waals surface area contributed by atoms with E-state index in [1.807, 2.05) is 12.2 Å². The van der Waals surface area contributed by atoms with Gasteiger partial charge in [-0.15, -0.1) is 11.3 Å². The number of hydrogen-bond donors (Lipinski definition) is 1. The molecular formula is C33H36F3N5O6S. The number of allylic oxidation sites excluding steroid dienone is 1. The van der Waals surface area contributed by atoms with E-state index in [1.165, 1.54) is 25.2 Å². The molecule has 3 amide bonds. The van der Waals surface area contributed by atoms with Crippen LogP contribution in [0.15, 0.2) is 35.7 Å². The molecule has 2 fully saturated rings. The number of rotatable bonds is 5. The standard InChI is InChI=1S/C33H36F3N5O6S/c1-18-24(45-3)11-10-21-25(14-22(37-27(18)21)28-38-26(17-48-28)33(34,35)36)47-20-13-23-29(42)40(2)12-8-6-5-7-9-19-15-32(19,30(43)46-4)39-31(44)41(23)16-20/h7,9-11,14,17,19-20,23H,5-6,8,12-13,15-16H2,1-4H3,(H,39,44)/t19-,20+,23+,32-/m1/s1. The third-order valence-corrected chi connectivity index (χ3v) is 10.1. The lowest BCUT2D eigenvalue weighted by Crippen LogP contribution is -2.55. The van der Waals surface area contributed by atoms with Crippen LogP contribution >= 0.6 is 11.3 Å². The van der Waals surface area contributed by atoms with Gasteiger partial charge in [0, 0.05) is 48.3 Å². The Hall–Kier alpha value is -4.40. The molecular weight excluding hydrogens is 651 g/mol.